The molecule has 4 rings (SSSR count). The molecule has 2 heterocycles. The Morgan fingerprint density at radius 3 is 2.38 bits per heavy atom. The molecule has 1 amide bonds. The van der Waals surface area contributed by atoms with Crippen LogP contribution in [0.1, 0.15) is 43.6 Å². The van der Waals surface area contributed by atoms with Gasteiger partial charge in [-0.2, -0.15) is 0 Å². The molecule has 1 fully saturated rings. The Kier molecular flexibility index (Phi) is 6.06. The lowest BCUT2D eigenvalue weighted by Gasteiger charge is -2.32. The predicted octanol–water partition coefficient (Wildman–Crippen LogP) is 4.06. The summed E-state index contributed by atoms with van der Waals surface area (Å²) in [6, 6.07) is 7.70. The van der Waals surface area contributed by atoms with Gasteiger partial charge in [0, 0.05) is 12.1 Å². The Morgan fingerprint density at radius 2 is 1.74 bits per heavy atom. The smallest absolute Gasteiger partial charge is 0.491 e. The predicted molar refractivity (Wildman–Crippen MR) is 115 cm³/mol. The number of rotatable bonds is 4. The lowest BCUT2D eigenvalue weighted by atomic mass is 9.78. The largest absolute Gasteiger partial charge is 0.573 e. The zero-order chi connectivity index (χ0) is 24.9. The van der Waals surface area contributed by atoms with Gasteiger partial charge in [-0.25, -0.2) is 4.39 Å². The van der Waals surface area contributed by atoms with E-state index in [1.54, 1.807) is 18.2 Å². The summed E-state index contributed by atoms with van der Waals surface area (Å²) in [5.41, 5.74) is -0.410. The number of alkyl halides is 3. The number of amides is 1. The van der Waals surface area contributed by atoms with Gasteiger partial charge in [0.1, 0.15) is 23.9 Å². The quantitative estimate of drug-likeness (QED) is 0.487. The molecular weight excluding hydrogens is 457 g/mol. The number of nitrogens with zero attached hydrogens (tertiary/aromatic N) is 1. The van der Waals surface area contributed by atoms with Crippen molar-refractivity contribution in [1.82, 2.24) is 4.90 Å². The van der Waals surface area contributed by atoms with E-state index in [0.717, 1.165) is 18.2 Å². The molecule has 34 heavy (non-hydrogen) atoms. The van der Waals surface area contributed by atoms with Crippen molar-refractivity contribution >= 4 is 18.5 Å². The maximum absolute atomic E-state index is 14.4. The topological polar surface area (TPSA) is 57.2 Å². The lowest BCUT2D eigenvalue weighted by Crippen LogP contribution is -2.41. The van der Waals surface area contributed by atoms with Gasteiger partial charge in [-0.05, 0) is 63.5 Å². The number of halogens is 4. The second-order valence-electron chi connectivity index (χ2n) is 9.22. The Morgan fingerprint density at radius 1 is 1.06 bits per heavy atom. The van der Waals surface area contributed by atoms with Gasteiger partial charge in [0.05, 0.1) is 23.3 Å². The third kappa shape index (κ3) is 4.85. The average molecular weight is 481 g/mol. The van der Waals surface area contributed by atoms with E-state index in [9.17, 15) is 22.4 Å². The molecule has 0 aromatic heterocycles. The zero-order valence-electron chi connectivity index (χ0n) is 19.2. The summed E-state index contributed by atoms with van der Waals surface area (Å²) >= 11 is 0. The fourth-order valence-corrected chi connectivity index (χ4v) is 3.73. The van der Waals surface area contributed by atoms with E-state index in [0.29, 0.717) is 11.2 Å². The molecule has 1 saturated heterocycles. The third-order valence-electron chi connectivity index (χ3n) is 6.28. The Bertz CT molecular complexity index is 1090. The maximum Gasteiger partial charge on any atom is 0.573 e. The first-order valence-corrected chi connectivity index (χ1v) is 10.7. The van der Waals surface area contributed by atoms with Crippen molar-refractivity contribution in [2.24, 2.45) is 0 Å². The molecule has 0 saturated carbocycles. The van der Waals surface area contributed by atoms with Crippen molar-refractivity contribution in [1.29, 1.82) is 0 Å². The standard InChI is InChI=1S/C23H24BF4NO5/c1-21(2)22(3,4)34-24(33-21)15-5-8-19-17(12-15)20(30)29(9-10-31-19)13-14-11-16(6-7-18(14)25)32-23(26,27)28/h5-8,11-12H,9-10,13H2,1-4H3. The van der Waals surface area contributed by atoms with Crippen molar-refractivity contribution in [3.63, 3.8) is 0 Å². The van der Waals surface area contributed by atoms with Crippen LogP contribution < -0.4 is 14.9 Å². The highest BCUT2D eigenvalue weighted by Gasteiger charge is 2.52. The normalized spacial score (nSPS) is 19.5. The first-order valence-electron chi connectivity index (χ1n) is 10.7. The van der Waals surface area contributed by atoms with Crippen molar-refractivity contribution in [2.45, 2.75) is 51.8 Å². The molecule has 0 spiro atoms. The molecule has 2 aromatic rings. The van der Waals surface area contributed by atoms with Gasteiger partial charge in [-0.15, -0.1) is 13.2 Å². The van der Waals surface area contributed by atoms with Crippen LogP contribution >= 0.6 is 0 Å². The van der Waals surface area contributed by atoms with Gasteiger partial charge in [-0.3, -0.25) is 4.79 Å². The van der Waals surface area contributed by atoms with E-state index in [-0.39, 0.29) is 30.8 Å². The summed E-state index contributed by atoms with van der Waals surface area (Å²) in [5, 5.41) is 0. The highest BCUT2D eigenvalue weighted by Crippen LogP contribution is 2.37. The van der Waals surface area contributed by atoms with Crippen LogP contribution in [0.25, 0.3) is 0 Å². The van der Waals surface area contributed by atoms with Crippen LogP contribution in [-0.2, 0) is 15.9 Å². The molecule has 0 bridgehead atoms. The second-order valence-corrected chi connectivity index (χ2v) is 9.22. The SMILES string of the molecule is CC1(C)OB(c2ccc3c(c2)C(=O)N(Cc2cc(OC(F)(F)F)ccc2F)CCO3)OC1(C)C. The lowest BCUT2D eigenvalue weighted by molar-refractivity contribution is -0.274. The molecule has 2 aliphatic rings. The zero-order valence-corrected chi connectivity index (χ0v) is 19.2. The van der Waals surface area contributed by atoms with Gasteiger partial charge in [-0.1, -0.05) is 6.07 Å². The molecule has 2 aromatic carbocycles. The minimum atomic E-state index is -4.91. The summed E-state index contributed by atoms with van der Waals surface area (Å²) in [7, 11) is -0.701. The average Bonchev–Trinajstić information content (AvgIpc) is 2.84. The summed E-state index contributed by atoms with van der Waals surface area (Å²) in [6.07, 6.45) is -4.91. The minimum Gasteiger partial charge on any atom is -0.491 e. The second kappa shape index (κ2) is 8.46. The molecule has 2 aliphatic heterocycles. The van der Waals surface area contributed by atoms with E-state index in [4.69, 9.17) is 14.0 Å². The van der Waals surface area contributed by atoms with Crippen molar-refractivity contribution in [3.8, 4) is 11.5 Å². The van der Waals surface area contributed by atoms with Crippen LogP contribution in [0, 0.1) is 5.82 Å². The summed E-state index contributed by atoms with van der Waals surface area (Å²) in [6.45, 7) is 7.64. The van der Waals surface area contributed by atoms with Crippen molar-refractivity contribution in [2.75, 3.05) is 13.2 Å². The van der Waals surface area contributed by atoms with Crippen LogP contribution in [0.3, 0.4) is 0 Å². The van der Waals surface area contributed by atoms with Crippen LogP contribution in [0.15, 0.2) is 36.4 Å². The Balaban J connectivity index is 1.59. The van der Waals surface area contributed by atoms with Crippen LogP contribution in [-0.4, -0.2) is 48.6 Å². The number of hydrogen-bond acceptors (Lipinski definition) is 5. The first-order chi connectivity index (χ1) is 15.8. The molecule has 182 valence electrons. The van der Waals surface area contributed by atoms with Gasteiger partial charge in [0.25, 0.3) is 5.91 Å². The van der Waals surface area contributed by atoms with Gasteiger partial charge in [0.2, 0.25) is 0 Å². The fourth-order valence-electron chi connectivity index (χ4n) is 3.73. The van der Waals surface area contributed by atoms with E-state index < -0.39 is 42.2 Å². The number of fused-ring (bicyclic) bond motifs is 1. The van der Waals surface area contributed by atoms with Gasteiger partial charge < -0.3 is 23.7 Å². The minimum absolute atomic E-state index is 0.110. The molecule has 11 heteroatoms. The molecule has 6 nitrogen and oxygen atoms in total. The van der Waals surface area contributed by atoms with E-state index in [1.807, 2.05) is 27.7 Å². The fraction of sp³-hybridized carbons (Fsp3) is 0.435. The van der Waals surface area contributed by atoms with E-state index in [1.165, 1.54) is 4.90 Å². The monoisotopic (exact) mass is 481 g/mol. The van der Waals surface area contributed by atoms with Gasteiger partial charge >= 0.3 is 13.5 Å². The number of carbonyl (C=O) groups excluding carboxylic acids is 1. The van der Waals surface area contributed by atoms with E-state index >= 15 is 0 Å². The van der Waals surface area contributed by atoms with E-state index in [2.05, 4.69) is 4.74 Å². The Labute approximate surface area is 194 Å². The summed E-state index contributed by atoms with van der Waals surface area (Å²) < 4.78 is 73.7. The highest BCUT2D eigenvalue weighted by molar-refractivity contribution is 6.62. The molecular formula is C23H24BF4NO5. The molecule has 0 atom stereocenters. The van der Waals surface area contributed by atoms with Crippen LogP contribution in [0.4, 0.5) is 17.6 Å². The maximum atomic E-state index is 14.4. The highest BCUT2D eigenvalue weighted by atomic mass is 19.4. The molecule has 0 unspecified atom stereocenters. The molecule has 0 radical (unpaired) electrons. The third-order valence-corrected chi connectivity index (χ3v) is 6.28. The van der Waals surface area contributed by atoms with Crippen molar-refractivity contribution in [3.05, 3.63) is 53.3 Å². The molecule has 0 N–H and O–H groups in total. The van der Waals surface area contributed by atoms with Crippen LogP contribution in [0.5, 0.6) is 11.5 Å². The Hall–Kier alpha value is -2.79. The number of ether oxygens (including phenoxy) is 2. The van der Waals surface area contributed by atoms with Gasteiger partial charge in [0.15, 0.2) is 0 Å². The number of benzene rings is 2. The van der Waals surface area contributed by atoms with Crippen molar-refractivity contribution < 1.29 is 41.1 Å². The summed E-state index contributed by atoms with van der Waals surface area (Å²) in [5.74, 6) is -1.42. The number of hydrogen-bond donors (Lipinski definition) is 0. The molecule has 0 aliphatic carbocycles. The first kappa shape index (κ1) is 24.3. The summed E-state index contributed by atoms with van der Waals surface area (Å²) in [4.78, 5) is 14.6. The number of carbonyl (C=O) groups is 1. The van der Waals surface area contributed by atoms with Crippen LogP contribution in [0.2, 0.25) is 0 Å².